The minimum absolute atomic E-state index is 0.0287. The topological polar surface area (TPSA) is 15.3 Å². The lowest BCUT2D eigenvalue weighted by molar-refractivity contribution is 0.110. The van der Waals surface area contributed by atoms with E-state index in [4.69, 9.17) is 11.6 Å². The number of nitrogens with zero attached hydrogens (tertiary/aromatic N) is 1. The van der Waals surface area contributed by atoms with Crippen LogP contribution in [0.25, 0.3) is 0 Å². The van der Waals surface area contributed by atoms with Crippen LogP contribution in [0.5, 0.6) is 0 Å². The minimum atomic E-state index is -0.224. The molecule has 1 aliphatic rings. The Balaban J connectivity index is 2.17. The zero-order chi connectivity index (χ0) is 14.8. The molecule has 0 spiro atoms. The molecule has 0 bridgehead atoms. The lowest BCUT2D eigenvalue weighted by Gasteiger charge is -2.42. The molecule has 0 radical (unpaired) electrons. The van der Waals surface area contributed by atoms with Crippen molar-refractivity contribution in [3.05, 3.63) is 34.6 Å². The van der Waals surface area contributed by atoms with Gasteiger partial charge >= 0.3 is 0 Å². The summed E-state index contributed by atoms with van der Waals surface area (Å²) in [6, 6.07) is 4.83. The number of halogens is 2. The van der Waals surface area contributed by atoms with Gasteiger partial charge in [0.2, 0.25) is 0 Å². The first kappa shape index (κ1) is 15.7. The number of hydrogen-bond acceptors (Lipinski definition) is 2. The van der Waals surface area contributed by atoms with Crippen molar-refractivity contribution in [1.29, 1.82) is 0 Å². The zero-order valence-electron chi connectivity index (χ0n) is 12.5. The summed E-state index contributed by atoms with van der Waals surface area (Å²) in [4.78, 5) is 2.52. The molecule has 1 heterocycles. The fourth-order valence-corrected chi connectivity index (χ4v) is 3.33. The fraction of sp³-hybridized carbons (Fsp3) is 0.625. The molecule has 1 N–H and O–H groups in total. The molecule has 4 heteroatoms. The van der Waals surface area contributed by atoms with Gasteiger partial charge < -0.3 is 5.32 Å². The van der Waals surface area contributed by atoms with E-state index >= 15 is 0 Å². The van der Waals surface area contributed by atoms with Crippen LogP contribution >= 0.6 is 11.6 Å². The number of rotatable bonds is 5. The van der Waals surface area contributed by atoms with Gasteiger partial charge in [0.05, 0.1) is 0 Å². The van der Waals surface area contributed by atoms with Gasteiger partial charge in [-0.15, -0.1) is 0 Å². The van der Waals surface area contributed by atoms with Crippen LogP contribution in [-0.2, 0) is 6.42 Å². The Hall–Kier alpha value is -0.640. The smallest absolute Gasteiger partial charge is 0.123 e. The van der Waals surface area contributed by atoms with E-state index in [1.54, 1.807) is 12.1 Å². The molecule has 1 fully saturated rings. The minimum Gasteiger partial charge on any atom is -0.315 e. The van der Waals surface area contributed by atoms with E-state index in [2.05, 4.69) is 24.1 Å². The van der Waals surface area contributed by atoms with E-state index in [0.29, 0.717) is 5.02 Å². The molecule has 1 atom stereocenters. The van der Waals surface area contributed by atoms with Crippen molar-refractivity contribution in [3.8, 4) is 0 Å². The van der Waals surface area contributed by atoms with Gasteiger partial charge in [0.1, 0.15) is 5.82 Å². The number of nitrogens with one attached hydrogen (secondary N) is 1. The highest BCUT2D eigenvalue weighted by atomic mass is 35.5. The second-order valence-electron chi connectivity index (χ2n) is 6.13. The van der Waals surface area contributed by atoms with Crippen LogP contribution in [0.1, 0.15) is 32.3 Å². The Morgan fingerprint density at radius 3 is 2.60 bits per heavy atom. The van der Waals surface area contributed by atoms with Crippen molar-refractivity contribution in [3.63, 3.8) is 0 Å². The highest BCUT2D eigenvalue weighted by Crippen LogP contribution is 2.28. The summed E-state index contributed by atoms with van der Waals surface area (Å²) in [5.74, 6) is -0.224. The third kappa shape index (κ3) is 3.33. The maximum Gasteiger partial charge on any atom is 0.123 e. The summed E-state index contributed by atoms with van der Waals surface area (Å²) in [6.07, 6.45) is 3.26. The lowest BCUT2D eigenvalue weighted by Crippen LogP contribution is -2.57. The molecular weight excluding hydrogens is 275 g/mol. The molecule has 1 aromatic carbocycles. The van der Waals surface area contributed by atoms with Gasteiger partial charge in [-0.1, -0.05) is 11.6 Å². The van der Waals surface area contributed by atoms with Gasteiger partial charge in [-0.25, -0.2) is 4.39 Å². The van der Waals surface area contributed by atoms with Gasteiger partial charge in [-0.2, -0.15) is 0 Å². The Morgan fingerprint density at radius 1 is 1.35 bits per heavy atom. The summed E-state index contributed by atoms with van der Waals surface area (Å²) < 4.78 is 13.4. The van der Waals surface area contributed by atoms with Crippen LogP contribution in [0, 0.1) is 5.82 Å². The van der Waals surface area contributed by atoms with Crippen LogP contribution in [0.3, 0.4) is 0 Å². The molecule has 0 aromatic heterocycles. The molecule has 0 amide bonds. The number of likely N-dealkylation sites (N-methyl/N-ethyl adjacent to an activating group) is 1. The quantitative estimate of drug-likeness (QED) is 0.895. The largest absolute Gasteiger partial charge is 0.315 e. The van der Waals surface area contributed by atoms with E-state index in [-0.39, 0.29) is 17.4 Å². The second-order valence-corrected chi connectivity index (χ2v) is 6.54. The average Bonchev–Trinajstić information content (AvgIpc) is 2.94. The molecule has 1 aliphatic heterocycles. The molecule has 1 unspecified atom stereocenters. The van der Waals surface area contributed by atoms with Crippen molar-refractivity contribution in [2.24, 2.45) is 0 Å². The van der Waals surface area contributed by atoms with Crippen LogP contribution in [0.4, 0.5) is 4.39 Å². The molecule has 1 saturated heterocycles. The Kier molecular flexibility index (Phi) is 5.05. The van der Waals surface area contributed by atoms with E-state index in [1.165, 1.54) is 18.9 Å². The molecule has 0 saturated carbocycles. The van der Waals surface area contributed by atoms with Gasteiger partial charge in [0.15, 0.2) is 0 Å². The van der Waals surface area contributed by atoms with Crippen LogP contribution in [0.15, 0.2) is 18.2 Å². The maximum atomic E-state index is 13.4. The highest BCUT2D eigenvalue weighted by Gasteiger charge is 2.36. The van der Waals surface area contributed by atoms with Crippen molar-refractivity contribution in [1.82, 2.24) is 10.2 Å². The second kappa shape index (κ2) is 6.42. The highest BCUT2D eigenvalue weighted by molar-refractivity contribution is 6.31. The van der Waals surface area contributed by atoms with Crippen molar-refractivity contribution < 1.29 is 4.39 Å². The summed E-state index contributed by atoms with van der Waals surface area (Å²) in [6.45, 7) is 6.80. The standard InChI is InChI=1S/C16H24ClFN2/c1-16(2,20-8-4-5-9-20)15(19-3)11-12-10-13(18)6-7-14(12)17/h6-7,10,15,19H,4-5,8-9,11H2,1-3H3. The monoisotopic (exact) mass is 298 g/mol. The Labute approximate surface area is 126 Å². The maximum absolute atomic E-state index is 13.4. The fourth-order valence-electron chi connectivity index (χ4n) is 3.14. The first-order valence-electron chi connectivity index (χ1n) is 7.31. The van der Waals surface area contributed by atoms with E-state index in [0.717, 1.165) is 25.1 Å². The first-order valence-corrected chi connectivity index (χ1v) is 7.69. The molecule has 112 valence electrons. The van der Waals surface area contributed by atoms with E-state index < -0.39 is 0 Å². The third-order valence-corrected chi connectivity index (χ3v) is 4.92. The normalized spacial score (nSPS) is 18.4. The first-order chi connectivity index (χ1) is 9.45. The third-order valence-electron chi connectivity index (χ3n) is 4.55. The molecule has 0 aliphatic carbocycles. The van der Waals surface area contributed by atoms with Gasteiger partial charge in [0.25, 0.3) is 0 Å². The number of likely N-dealkylation sites (tertiary alicyclic amines) is 1. The Morgan fingerprint density at radius 2 is 2.00 bits per heavy atom. The summed E-state index contributed by atoms with van der Waals surface area (Å²) >= 11 is 6.20. The summed E-state index contributed by atoms with van der Waals surface area (Å²) in [5.41, 5.74) is 0.902. The van der Waals surface area contributed by atoms with Crippen molar-refractivity contribution in [2.45, 2.75) is 44.7 Å². The lowest BCUT2D eigenvalue weighted by atomic mass is 9.87. The zero-order valence-corrected chi connectivity index (χ0v) is 13.3. The van der Waals surface area contributed by atoms with E-state index in [1.807, 2.05) is 7.05 Å². The van der Waals surface area contributed by atoms with Crippen LogP contribution < -0.4 is 5.32 Å². The van der Waals surface area contributed by atoms with Crippen molar-refractivity contribution >= 4 is 11.6 Å². The Bertz CT molecular complexity index is 456. The predicted molar refractivity (Wildman–Crippen MR) is 82.8 cm³/mol. The molecule has 2 rings (SSSR count). The van der Waals surface area contributed by atoms with Gasteiger partial charge in [-0.05, 0) is 77.0 Å². The van der Waals surface area contributed by atoms with Gasteiger partial charge in [-0.3, -0.25) is 4.90 Å². The predicted octanol–water partition coefficient (Wildman–Crippen LogP) is 3.48. The molecule has 1 aromatic rings. The summed E-state index contributed by atoms with van der Waals surface area (Å²) in [7, 11) is 1.97. The number of benzene rings is 1. The van der Waals surface area contributed by atoms with Crippen LogP contribution in [-0.4, -0.2) is 36.6 Å². The molecule has 20 heavy (non-hydrogen) atoms. The average molecular weight is 299 g/mol. The van der Waals surface area contributed by atoms with Gasteiger partial charge in [0, 0.05) is 16.6 Å². The summed E-state index contributed by atoms with van der Waals surface area (Å²) in [5, 5.41) is 4.03. The molecular formula is C16H24ClFN2. The van der Waals surface area contributed by atoms with Crippen molar-refractivity contribution in [2.75, 3.05) is 20.1 Å². The van der Waals surface area contributed by atoms with Crippen LogP contribution in [0.2, 0.25) is 5.02 Å². The molecule has 2 nitrogen and oxygen atoms in total. The SMILES string of the molecule is CNC(Cc1cc(F)ccc1Cl)C(C)(C)N1CCCC1. The van der Waals surface area contributed by atoms with E-state index in [9.17, 15) is 4.39 Å². The number of hydrogen-bond donors (Lipinski definition) is 1.